The molecule has 0 radical (unpaired) electrons. The summed E-state index contributed by atoms with van der Waals surface area (Å²) < 4.78 is 6.42. The molecule has 0 amide bonds. The molecule has 9 aromatic carbocycles. The number of benzene rings is 9. The van der Waals surface area contributed by atoms with Gasteiger partial charge in [0, 0.05) is 22.3 Å². The maximum atomic E-state index is 6.42. The second-order valence-corrected chi connectivity index (χ2v) is 13.7. The third-order valence-corrected chi connectivity index (χ3v) is 10.2. The molecule has 0 saturated carbocycles. The van der Waals surface area contributed by atoms with E-state index in [4.69, 9.17) is 4.74 Å². The zero-order valence-electron chi connectivity index (χ0n) is 30.3. The average Bonchev–Trinajstić information content (AvgIpc) is 3.26. The first-order valence-corrected chi connectivity index (χ1v) is 18.6. The van der Waals surface area contributed by atoms with Crippen LogP contribution in [-0.4, -0.2) is 6.72 Å². The first-order chi connectivity index (χ1) is 27.2. The minimum absolute atomic E-state index is 0.453. The number of rotatable bonds is 10. The lowest BCUT2D eigenvalue weighted by Gasteiger charge is -2.28. The Labute approximate surface area is 322 Å². The zero-order chi connectivity index (χ0) is 37.0. The average molecular weight is 707 g/mol. The number of nitrogens with zero attached hydrogens (tertiary/aromatic N) is 2. The predicted octanol–water partition coefficient (Wildman–Crippen LogP) is 14.4. The number of anilines is 3. The van der Waals surface area contributed by atoms with Crippen LogP contribution in [0, 0.1) is 0 Å². The molecule has 0 fully saturated rings. The molecule has 0 bridgehead atoms. The molecule has 0 aliphatic carbocycles. The Morgan fingerprint density at radius 1 is 0.436 bits per heavy atom. The molecule has 0 unspecified atom stereocenters. The van der Waals surface area contributed by atoms with Crippen molar-refractivity contribution in [3.63, 3.8) is 0 Å². The lowest BCUT2D eigenvalue weighted by molar-refractivity contribution is 0.311. The molecule has 9 aromatic rings. The third-order valence-electron chi connectivity index (χ3n) is 10.2. The van der Waals surface area contributed by atoms with Gasteiger partial charge in [-0.05, 0) is 105 Å². The van der Waals surface area contributed by atoms with Crippen molar-refractivity contribution in [1.29, 1.82) is 0 Å². The summed E-state index contributed by atoms with van der Waals surface area (Å²) in [6, 6.07) is 73.0. The van der Waals surface area contributed by atoms with Crippen molar-refractivity contribution in [2.75, 3.05) is 4.90 Å². The van der Waals surface area contributed by atoms with Gasteiger partial charge in [-0.25, -0.2) is 0 Å². The van der Waals surface area contributed by atoms with E-state index in [0.717, 1.165) is 61.3 Å². The highest BCUT2D eigenvalue weighted by molar-refractivity contribution is 5.98. The van der Waals surface area contributed by atoms with E-state index in [1.165, 1.54) is 27.6 Å². The molecule has 3 heteroatoms. The van der Waals surface area contributed by atoms with Crippen LogP contribution in [0.25, 0.3) is 54.9 Å². The number of ether oxygens (including phenoxy) is 1. The van der Waals surface area contributed by atoms with Crippen LogP contribution in [0.15, 0.2) is 211 Å². The second kappa shape index (κ2) is 15.0. The minimum Gasteiger partial charge on any atom is -0.486 e. The van der Waals surface area contributed by atoms with Crippen LogP contribution in [-0.2, 0) is 6.61 Å². The van der Waals surface area contributed by atoms with E-state index in [1.807, 2.05) is 24.3 Å². The Bertz CT molecular complexity index is 2760. The van der Waals surface area contributed by atoms with Gasteiger partial charge in [-0.15, -0.1) is 0 Å². The summed E-state index contributed by atoms with van der Waals surface area (Å²) in [6.07, 6.45) is 0. The van der Waals surface area contributed by atoms with Crippen LogP contribution in [0.4, 0.5) is 22.7 Å². The molecule has 9 rings (SSSR count). The molecule has 0 aliphatic heterocycles. The van der Waals surface area contributed by atoms with Crippen LogP contribution in [0.1, 0.15) is 5.56 Å². The van der Waals surface area contributed by atoms with Crippen molar-refractivity contribution in [1.82, 2.24) is 0 Å². The minimum atomic E-state index is 0.453. The highest BCUT2D eigenvalue weighted by Crippen LogP contribution is 2.43. The zero-order valence-corrected chi connectivity index (χ0v) is 30.3. The molecule has 55 heavy (non-hydrogen) atoms. The Balaban J connectivity index is 1.10. The van der Waals surface area contributed by atoms with Crippen molar-refractivity contribution < 1.29 is 4.74 Å². The largest absolute Gasteiger partial charge is 0.486 e. The standard InChI is InChI=1S/C52H38N2O/c1-53-50-32-28-41-21-22-45(35-49(41)52(50)55-36-37-13-5-2-6-14-37)42-23-24-44-34-47(31-27-43(44)33-42)54(46-29-25-39(26-30-46)38-15-7-3-8-16-38)51-20-12-11-19-48(51)40-17-9-4-10-18-40/h2-35H,1,36H2. The van der Waals surface area contributed by atoms with Gasteiger partial charge < -0.3 is 9.64 Å². The molecule has 0 heterocycles. The Morgan fingerprint density at radius 2 is 0.982 bits per heavy atom. The molecule has 0 atom stereocenters. The highest BCUT2D eigenvalue weighted by Gasteiger charge is 2.18. The molecular formula is C52H38N2O. The van der Waals surface area contributed by atoms with Crippen molar-refractivity contribution in [2.45, 2.75) is 6.61 Å². The van der Waals surface area contributed by atoms with E-state index in [1.54, 1.807) is 0 Å². The molecule has 0 N–H and O–H groups in total. The summed E-state index contributed by atoms with van der Waals surface area (Å²) >= 11 is 0. The van der Waals surface area contributed by atoms with Gasteiger partial charge in [0.2, 0.25) is 0 Å². The van der Waals surface area contributed by atoms with Gasteiger partial charge in [-0.3, -0.25) is 4.99 Å². The van der Waals surface area contributed by atoms with E-state index in [2.05, 4.69) is 199 Å². The molecule has 262 valence electrons. The quantitative estimate of drug-likeness (QED) is 0.132. The van der Waals surface area contributed by atoms with E-state index in [9.17, 15) is 0 Å². The Morgan fingerprint density at radius 3 is 1.73 bits per heavy atom. The van der Waals surface area contributed by atoms with Crippen molar-refractivity contribution in [3.05, 3.63) is 212 Å². The SMILES string of the molecule is C=Nc1ccc2ccc(-c3ccc4cc(N(c5ccc(-c6ccccc6)cc5)c5ccccc5-c5ccccc5)ccc4c3)cc2c1OCc1ccccc1. The Kier molecular flexibility index (Phi) is 9.17. The predicted molar refractivity (Wildman–Crippen MR) is 232 cm³/mol. The van der Waals surface area contributed by atoms with Crippen LogP contribution < -0.4 is 9.64 Å². The van der Waals surface area contributed by atoms with E-state index in [0.29, 0.717) is 6.61 Å². The van der Waals surface area contributed by atoms with Gasteiger partial charge in [0.25, 0.3) is 0 Å². The van der Waals surface area contributed by atoms with Crippen LogP contribution >= 0.6 is 0 Å². The molecule has 0 aliphatic rings. The fraction of sp³-hybridized carbons (Fsp3) is 0.0192. The van der Waals surface area contributed by atoms with Gasteiger partial charge in [0.15, 0.2) is 5.75 Å². The number of hydrogen-bond acceptors (Lipinski definition) is 3. The lowest BCUT2D eigenvalue weighted by atomic mass is 9.97. The highest BCUT2D eigenvalue weighted by atomic mass is 16.5. The summed E-state index contributed by atoms with van der Waals surface area (Å²) in [6.45, 7) is 4.28. The fourth-order valence-corrected chi connectivity index (χ4v) is 7.41. The van der Waals surface area contributed by atoms with E-state index in [-0.39, 0.29) is 0 Å². The van der Waals surface area contributed by atoms with Gasteiger partial charge in [0.05, 0.1) is 5.69 Å². The maximum Gasteiger partial charge on any atom is 0.153 e. The number of para-hydroxylation sites is 1. The molecule has 0 aromatic heterocycles. The monoisotopic (exact) mass is 706 g/mol. The van der Waals surface area contributed by atoms with Crippen LogP contribution in [0.3, 0.4) is 0 Å². The Hall–Kier alpha value is -7.23. The maximum absolute atomic E-state index is 6.42. The van der Waals surface area contributed by atoms with Gasteiger partial charge in [-0.2, -0.15) is 0 Å². The first-order valence-electron chi connectivity index (χ1n) is 18.6. The number of hydrogen-bond donors (Lipinski definition) is 0. The third kappa shape index (κ3) is 6.88. The normalized spacial score (nSPS) is 11.1. The smallest absolute Gasteiger partial charge is 0.153 e. The molecule has 0 spiro atoms. The summed E-state index contributed by atoms with van der Waals surface area (Å²) in [5, 5.41) is 4.44. The first kappa shape index (κ1) is 33.6. The van der Waals surface area contributed by atoms with E-state index < -0.39 is 0 Å². The fourth-order valence-electron chi connectivity index (χ4n) is 7.41. The lowest BCUT2D eigenvalue weighted by Crippen LogP contribution is -2.11. The van der Waals surface area contributed by atoms with Crippen molar-refractivity contribution >= 4 is 51.0 Å². The van der Waals surface area contributed by atoms with E-state index >= 15 is 0 Å². The summed E-state index contributed by atoms with van der Waals surface area (Å²) in [7, 11) is 0. The van der Waals surface area contributed by atoms with Crippen LogP contribution in [0.5, 0.6) is 5.75 Å². The number of fused-ring (bicyclic) bond motifs is 2. The van der Waals surface area contributed by atoms with Crippen molar-refractivity contribution in [2.24, 2.45) is 4.99 Å². The summed E-state index contributed by atoms with van der Waals surface area (Å²) in [5.74, 6) is 0.747. The second-order valence-electron chi connectivity index (χ2n) is 13.7. The van der Waals surface area contributed by atoms with Crippen LogP contribution in [0.2, 0.25) is 0 Å². The molecular weight excluding hydrogens is 669 g/mol. The molecule has 0 saturated heterocycles. The summed E-state index contributed by atoms with van der Waals surface area (Å²) in [5.41, 5.74) is 12.1. The molecule has 3 nitrogen and oxygen atoms in total. The van der Waals surface area contributed by atoms with Crippen molar-refractivity contribution in [3.8, 4) is 39.1 Å². The van der Waals surface area contributed by atoms with Gasteiger partial charge in [0.1, 0.15) is 12.3 Å². The number of aliphatic imine (C=N–C) groups is 1. The summed E-state index contributed by atoms with van der Waals surface area (Å²) in [4.78, 5) is 6.68. The van der Waals surface area contributed by atoms with Gasteiger partial charge in [-0.1, -0.05) is 158 Å². The topological polar surface area (TPSA) is 24.8 Å². The van der Waals surface area contributed by atoms with Gasteiger partial charge >= 0.3 is 0 Å².